The van der Waals surface area contributed by atoms with Crippen molar-refractivity contribution in [2.75, 3.05) is 7.11 Å². The van der Waals surface area contributed by atoms with E-state index in [-0.39, 0.29) is 0 Å². The molecule has 0 amide bonds. The highest BCUT2D eigenvalue weighted by molar-refractivity contribution is 6.21. The zero-order valence-corrected chi connectivity index (χ0v) is 12.1. The lowest BCUT2D eigenvalue weighted by atomic mass is 9.97. The number of ether oxygens (including phenoxy) is 1. The molecule has 3 aliphatic rings. The number of hydrogen-bond donors (Lipinski definition) is 0. The van der Waals surface area contributed by atoms with E-state index in [2.05, 4.69) is 12.1 Å². The van der Waals surface area contributed by atoms with Gasteiger partial charge in [-0.3, -0.25) is 0 Å². The number of benzene rings is 1. The largest absolute Gasteiger partial charge is 0.497 e. The highest BCUT2D eigenvalue weighted by Gasteiger charge is 2.66. The SMILES string of the molecule is COc1ccc(CC(Cl)C2C3C4CCC(C4)C23)cc1. The number of rotatable bonds is 4. The standard InChI is InChI=1S/C17H21ClO/c1-19-13-6-2-10(3-7-13)8-14(18)17-15-11-4-5-12(9-11)16(15)17/h2-3,6-7,11-12,14-17H,4-5,8-9H2,1H3. The zero-order chi connectivity index (χ0) is 13.0. The maximum atomic E-state index is 6.72. The van der Waals surface area contributed by atoms with Crippen LogP contribution in [0.5, 0.6) is 5.75 Å². The number of halogens is 1. The van der Waals surface area contributed by atoms with Crippen LogP contribution in [0.2, 0.25) is 0 Å². The van der Waals surface area contributed by atoms with E-state index in [9.17, 15) is 0 Å². The summed E-state index contributed by atoms with van der Waals surface area (Å²) in [5, 5.41) is 0.340. The first kappa shape index (κ1) is 12.1. The Labute approximate surface area is 120 Å². The first-order valence-corrected chi connectivity index (χ1v) is 7.98. The minimum atomic E-state index is 0.340. The Morgan fingerprint density at radius 2 is 1.79 bits per heavy atom. The van der Waals surface area contributed by atoms with E-state index in [1.54, 1.807) is 7.11 Å². The van der Waals surface area contributed by atoms with Gasteiger partial charge in [0.25, 0.3) is 0 Å². The van der Waals surface area contributed by atoms with Gasteiger partial charge in [0.05, 0.1) is 7.11 Å². The van der Waals surface area contributed by atoms with Gasteiger partial charge in [-0.05, 0) is 73.0 Å². The number of alkyl halides is 1. The average Bonchev–Trinajstić information content (AvgIpc) is 2.89. The molecule has 0 aromatic heterocycles. The van der Waals surface area contributed by atoms with E-state index < -0.39 is 0 Å². The third-order valence-electron chi connectivity index (χ3n) is 5.80. The Bertz CT molecular complexity index is 453. The van der Waals surface area contributed by atoms with Crippen LogP contribution in [0.15, 0.2) is 24.3 Å². The summed E-state index contributed by atoms with van der Waals surface area (Å²) < 4.78 is 5.20. The van der Waals surface area contributed by atoms with Crippen LogP contribution >= 0.6 is 11.6 Å². The number of methoxy groups -OCH3 is 1. The van der Waals surface area contributed by atoms with Gasteiger partial charge in [-0.1, -0.05) is 12.1 Å². The molecule has 0 spiro atoms. The van der Waals surface area contributed by atoms with Crippen molar-refractivity contribution in [2.24, 2.45) is 29.6 Å². The Hall–Kier alpha value is -0.690. The van der Waals surface area contributed by atoms with Crippen molar-refractivity contribution in [3.63, 3.8) is 0 Å². The maximum absolute atomic E-state index is 6.72. The van der Waals surface area contributed by atoms with Gasteiger partial charge in [-0.25, -0.2) is 0 Å². The zero-order valence-electron chi connectivity index (χ0n) is 11.4. The fourth-order valence-corrected chi connectivity index (χ4v) is 5.51. The van der Waals surface area contributed by atoms with E-state index in [0.717, 1.165) is 41.8 Å². The summed E-state index contributed by atoms with van der Waals surface area (Å²) in [5.74, 6) is 5.76. The summed E-state index contributed by atoms with van der Waals surface area (Å²) in [6.45, 7) is 0. The summed E-state index contributed by atoms with van der Waals surface area (Å²) in [6.07, 6.45) is 5.49. The molecule has 1 aromatic carbocycles. The van der Waals surface area contributed by atoms with Gasteiger partial charge in [0.1, 0.15) is 5.75 Å². The monoisotopic (exact) mass is 276 g/mol. The quantitative estimate of drug-likeness (QED) is 0.751. The van der Waals surface area contributed by atoms with Gasteiger partial charge < -0.3 is 4.74 Å². The minimum Gasteiger partial charge on any atom is -0.497 e. The fraction of sp³-hybridized carbons (Fsp3) is 0.647. The summed E-state index contributed by atoms with van der Waals surface area (Å²) in [4.78, 5) is 0. The Morgan fingerprint density at radius 1 is 1.16 bits per heavy atom. The molecule has 4 rings (SSSR count). The van der Waals surface area contributed by atoms with Gasteiger partial charge >= 0.3 is 0 Å². The molecule has 5 unspecified atom stereocenters. The predicted octanol–water partition coefficient (Wildman–Crippen LogP) is 4.14. The molecule has 3 saturated carbocycles. The highest BCUT2D eigenvalue weighted by Crippen LogP contribution is 2.71. The lowest BCUT2D eigenvalue weighted by Crippen LogP contribution is -2.13. The number of fused-ring (bicyclic) bond motifs is 5. The van der Waals surface area contributed by atoms with Gasteiger partial charge in [0.2, 0.25) is 0 Å². The van der Waals surface area contributed by atoms with Gasteiger partial charge in [0.15, 0.2) is 0 Å². The molecular weight excluding hydrogens is 256 g/mol. The van der Waals surface area contributed by atoms with E-state index in [0.29, 0.717) is 5.38 Å². The summed E-state index contributed by atoms with van der Waals surface area (Å²) in [5.41, 5.74) is 1.35. The number of hydrogen-bond acceptors (Lipinski definition) is 1. The van der Waals surface area contributed by atoms with Crippen LogP contribution in [0, 0.1) is 29.6 Å². The van der Waals surface area contributed by atoms with Crippen LogP contribution in [-0.2, 0) is 6.42 Å². The first-order chi connectivity index (χ1) is 9.28. The van der Waals surface area contributed by atoms with Crippen LogP contribution in [0.4, 0.5) is 0 Å². The van der Waals surface area contributed by atoms with Crippen molar-refractivity contribution in [3.05, 3.63) is 29.8 Å². The van der Waals surface area contributed by atoms with Gasteiger partial charge in [-0.2, -0.15) is 0 Å². The van der Waals surface area contributed by atoms with E-state index >= 15 is 0 Å². The van der Waals surface area contributed by atoms with E-state index in [1.165, 1.54) is 24.8 Å². The van der Waals surface area contributed by atoms with E-state index in [4.69, 9.17) is 16.3 Å². The van der Waals surface area contributed by atoms with Crippen molar-refractivity contribution in [3.8, 4) is 5.75 Å². The molecule has 5 atom stereocenters. The third-order valence-corrected chi connectivity index (χ3v) is 6.25. The van der Waals surface area contributed by atoms with Crippen molar-refractivity contribution >= 4 is 11.6 Å². The highest BCUT2D eigenvalue weighted by atomic mass is 35.5. The molecule has 0 radical (unpaired) electrons. The van der Waals surface area contributed by atoms with Gasteiger partial charge in [0, 0.05) is 5.38 Å². The second-order valence-electron chi connectivity index (χ2n) is 6.63. The molecule has 3 fully saturated rings. The van der Waals surface area contributed by atoms with Crippen LogP contribution in [0.25, 0.3) is 0 Å². The summed E-state index contributed by atoms with van der Waals surface area (Å²) >= 11 is 6.72. The van der Waals surface area contributed by atoms with Crippen LogP contribution in [-0.4, -0.2) is 12.5 Å². The van der Waals surface area contributed by atoms with Crippen LogP contribution in [0.3, 0.4) is 0 Å². The topological polar surface area (TPSA) is 9.23 Å². The van der Waals surface area contributed by atoms with Crippen molar-refractivity contribution in [1.82, 2.24) is 0 Å². The fourth-order valence-electron chi connectivity index (χ4n) is 5.00. The maximum Gasteiger partial charge on any atom is 0.118 e. The molecule has 19 heavy (non-hydrogen) atoms. The molecule has 3 aliphatic carbocycles. The normalized spacial score (nSPS) is 40.0. The van der Waals surface area contributed by atoms with Gasteiger partial charge in [-0.15, -0.1) is 11.6 Å². The van der Waals surface area contributed by atoms with Crippen molar-refractivity contribution < 1.29 is 4.74 Å². The third kappa shape index (κ3) is 1.89. The molecule has 0 N–H and O–H groups in total. The first-order valence-electron chi connectivity index (χ1n) is 7.55. The summed E-state index contributed by atoms with van der Waals surface area (Å²) in [6, 6.07) is 8.38. The van der Waals surface area contributed by atoms with E-state index in [1.807, 2.05) is 12.1 Å². The Morgan fingerprint density at radius 3 is 2.37 bits per heavy atom. The predicted molar refractivity (Wildman–Crippen MR) is 77.6 cm³/mol. The average molecular weight is 277 g/mol. The molecule has 1 aromatic rings. The smallest absolute Gasteiger partial charge is 0.118 e. The van der Waals surface area contributed by atoms with Crippen molar-refractivity contribution in [1.29, 1.82) is 0 Å². The second kappa shape index (κ2) is 4.41. The lowest BCUT2D eigenvalue weighted by molar-refractivity contribution is 0.414. The van der Waals surface area contributed by atoms with Crippen LogP contribution < -0.4 is 4.74 Å². The molecule has 0 heterocycles. The Kier molecular flexibility index (Phi) is 2.80. The molecule has 2 bridgehead atoms. The molecule has 2 heteroatoms. The molecule has 1 nitrogen and oxygen atoms in total. The van der Waals surface area contributed by atoms with Crippen molar-refractivity contribution in [2.45, 2.75) is 31.1 Å². The van der Waals surface area contributed by atoms with Crippen LogP contribution in [0.1, 0.15) is 24.8 Å². The lowest BCUT2D eigenvalue weighted by Gasteiger charge is -2.14. The molecule has 0 saturated heterocycles. The second-order valence-corrected chi connectivity index (χ2v) is 7.19. The molecular formula is C17H21ClO. The minimum absolute atomic E-state index is 0.340. The summed E-state index contributed by atoms with van der Waals surface area (Å²) in [7, 11) is 1.71. The Balaban J connectivity index is 1.41. The molecule has 102 valence electrons. The molecule has 0 aliphatic heterocycles.